The molecule has 0 atom stereocenters. The van der Waals surface area contributed by atoms with Gasteiger partial charge in [-0.15, -0.1) is 0 Å². The Morgan fingerprint density at radius 1 is 1.12 bits per heavy atom. The highest BCUT2D eigenvalue weighted by Gasteiger charge is 2.07. The molecule has 16 heavy (non-hydrogen) atoms. The van der Waals surface area contributed by atoms with Crippen LogP contribution in [0.5, 0.6) is 0 Å². The minimum Gasteiger partial charge on any atom is -0.296 e. The quantitative estimate of drug-likeness (QED) is 0.714. The number of carbonyl (C=O) groups excluding carboxylic acids is 1. The number of carbonyl (C=O) groups is 1. The molecule has 1 aromatic heterocycles. The second kappa shape index (κ2) is 4.27. The van der Waals surface area contributed by atoms with Crippen molar-refractivity contribution in [2.24, 2.45) is 0 Å². The van der Waals surface area contributed by atoms with Gasteiger partial charge in [0, 0.05) is 11.8 Å². The standard InChI is InChI=1S/C14H13NO/c1-10-7-13(14(9-16)15-8-10)12-6-4-3-5-11(12)2/h3-9H,1-2H3. The number of hydrogen-bond donors (Lipinski definition) is 0. The minimum atomic E-state index is 0.500. The van der Waals surface area contributed by atoms with Gasteiger partial charge in [0.2, 0.25) is 0 Å². The van der Waals surface area contributed by atoms with Gasteiger partial charge in [0.05, 0.1) is 0 Å². The first kappa shape index (κ1) is 10.6. The van der Waals surface area contributed by atoms with E-state index < -0.39 is 0 Å². The molecular formula is C14H13NO. The van der Waals surface area contributed by atoms with E-state index in [1.807, 2.05) is 44.2 Å². The molecule has 0 spiro atoms. The highest BCUT2D eigenvalue weighted by Crippen LogP contribution is 2.25. The molecule has 0 saturated carbocycles. The van der Waals surface area contributed by atoms with Crippen LogP contribution in [0.3, 0.4) is 0 Å². The maximum atomic E-state index is 11.0. The lowest BCUT2D eigenvalue weighted by atomic mass is 9.98. The van der Waals surface area contributed by atoms with Crippen molar-refractivity contribution in [3.05, 3.63) is 53.3 Å². The zero-order chi connectivity index (χ0) is 11.5. The molecular weight excluding hydrogens is 198 g/mol. The third kappa shape index (κ3) is 1.87. The molecule has 80 valence electrons. The molecule has 2 heteroatoms. The smallest absolute Gasteiger partial charge is 0.169 e. The summed E-state index contributed by atoms with van der Waals surface area (Å²) in [5.74, 6) is 0. The molecule has 2 aromatic rings. The van der Waals surface area contributed by atoms with Gasteiger partial charge < -0.3 is 0 Å². The highest BCUT2D eigenvalue weighted by atomic mass is 16.1. The molecule has 0 aliphatic rings. The number of pyridine rings is 1. The van der Waals surface area contributed by atoms with Crippen LogP contribution in [-0.4, -0.2) is 11.3 Å². The van der Waals surface area contributed by atoms with E-state index in [1.54, 1.807) is 6.20 Å². The van der Waals surface area contributed by atoms with E-state index in [1.165, 1.54) is 0 Å². The van der Waals surface area contributed by atoms with Gasteiger partial charge in [-0.2, -0.15) is 0 Å². The van der Waals surface area contributed by atoms with E-state index >= 15 is 0 Å². The summed E-state index contributed by atoms with van der Waals surface area (Å²) in [5.41, 5.74) is 4.69. The van der Waals surface area contributed by atoms with Crippen LogP contribution in [0.25, 0.3) is 11.1 Å². The van der Waals surface area contributed by atoms with Gasteiger partial charge in [0.25, 0.3) is 0 Å². The van der Waals surface area contributed by atoms with Crippen molar-refractivity contribution in [3.63, 3.8) is 0 Å². The van der Waals surface area contributed by atoms with Crippen LogP contribution >= 0.6 is 0 Å². The first-order valence-electron chi connectivity index (χ1n) is 5.20. The number of aldehydes is 1. The second-order valence-corrected chi connectivity index (χ2v) is 3.88. The molecule has 0 radical (unpaired) electrons. The normalized spacial score (nSPS) is 10.1. The Labute approximate surface area is 95.0 Å². The molecule has 1 heterocycles. The van der Waals surface area contributed by atoms with E-state index in [9.17, 15) is 4.79 Å². The van der Waals surface area contributed by atoms with Gasteiger partial charge in [-0.3, -0.25) is 9.78 Å². The average Bonchev–Trinajstić information content (AvgIpc) is 2.29. The summed E-state index contributed by atoms with van der Waals surface area (Å²) in [6.45, 7) is 4.01. The molecule has 0 aliphatic carbocycles. The average molecular weight is 211 g/mol. The summed E-state index contributed by atoms with van der Waals surface area (Å²) in [6.07, 6.45) is 2.52. The van der Waals surface area contributed by atoms with E-state index in [-0.39, 0.29) is 0 Å². The molecule has 0 aliphatic heterocycles. The molecule has 0 amide bonds. The van der Waals surface area contributed by atoms with E-state index in [2.05, 4.69) is 4.98 Å². The maximum absolute atomic E-state index is 11.0. The number of aromatic nitrogens is 1. The van der Waals surface area contributed by atoms with Crippen molar-refractivity contribution in [3.8, 4) is 11.1 Å². The number of hydrogen-bond acceptors (Lipinski definition) is 2. The lowest BCUT2D eigenvalue weighted by molar-refractivity contribution is 0.111. The van der Waals surface area contributed by atoms with Gasteiger partial charge in [-0.25, -0.2) is 0 Å². The van der Waals surface area contributed by atoms with Crippen LogP contribution in [0, 0.1) is 13.8 Å². The molecule has 0 bridgehead atoms. The van der Waals surface area contributed by atoms with Crippen LogP contribution < -0.4 is 0 Å². The molecule has 0 N–H and O–H groups in total. The third-order valence-corrected chi connectivity index (χ3v) is 2.60. The monoisotopic (exact) mass is 211 g/mol. The van der Waals surface area contributed by atoms with E-state index in [4.69, 9.17) is 0 Å². The number of aryl methyl sites for hydroxylation is 2. The van der Waals surface area contributed by atoms with E-state index in [0.29, 0.717) is 5.69 Å². The van der Waals surface area contributed by atoms with Crippen LogP contribution in [-0.2, 0) is 0 Å². The Kier molecular flexibility index (Phi) is 2.82. The molecule has 2 rings (SSSR count). The lowest BCUT2D eigenvalue weighted by Gasteiger charge is -2.08. The molecule has 0 fully saturated rings. The zero-order valence-electron chi connectivity index (χ0n) is 9.40. The Morgan fingerprint density at radius 2 is 1.88 bits per heavy atom. The number of benzene rings is 1. The summed E-state index contributed by atoms with van der Waals surface area (Å²) in [5, 5.41) is 0. The molecule has 1 aromatic carbocycles. The van der Waals surface area contributed by atoms with E-state index in [0.717, 1.165) is 28.5 Å². The Balaban J connectivity index is 2.67. The second-order valence-electron chi connectivity index (χ2n) is 3.88. The number of rotatable bonds is 2. The van der Waals surface area contributed by atoms with Crippen molar-refractivity contribution >= 4 is 6.29 Å². The fourth-order valence-electron chi connectivity index (χ4n) is 1.76. The summed E-state index contributed by atoms with van der Waals surface area (Å²) >= 11 is 0. The summed E-state index contributed by atoms with van der Waals surface area (Å²) in [6, 6.07) is 10.0. The SMILES string of the molecule is Cc1cnc(C=O)c(-c2ccccc2C)c1. The first-order valence-corrected chi connectivity index (χ1v) is 5.20. The Hall–Kier alpha value is -1.96. The van der Waals surface area contributed by atoms with Crippen LogP contribution in [0.1, 0.15) is 21.6 Å². The molecule has 2 nitrogen and oxygen atoms in total. The van der Waals surface area contributed by atoms with Crippen molar-refractivity contribution < 1.29 is 4.79 Å². The summed E-state index contributed by atoms with van der Waals surface area (Å²) in [4.78, 5) is 15.1. The van der Waals surface area contributed by atoms with Crippen molar-refractivity contribution in [1.29, 1.82) is 0 Å². The van der Waals surface area contributed by atoms with Crippen LogP contribution in [0.2, 0.25) is 0 Å². The van der Waals surface area contributed by atoms with Crippen LogP contribution in [0.15, 0.2) is 36.5 Å². The predicted molar refractivity (Wildman–Crippen MR) is 64.5 cm³/mol. The van der Waals surface area contributed by atoms with Gasteiger partial charge in [0.15, 0.2) is 6.29 Å². The van der Waals surface area contributed by atoms with Crippen molar-refractivity contribution in [2.75, 3.05) is 0 Å². The van der Waals surface area contributed by atoms with Crippen molar-refractivity contribution in [2.45, 2.75) is 13.8 Å². The minimum absolute atomic E-state index is 0.500. The Bertz CT molecular complexity index is 532. The van der Waals surface area contributed by atoms with Gasteiger partial charge >= 0.3 is 0 Å². The Morgan fingerprint density at radius 3 is 2.56 bits per heavy atom. The lowest BCUT2D eigenvalue weighted by Crippen LogP contribution is -1.94. The third-order valence-electron chi connectivity index (χ3n) is 2.60. The number of nitrogens with zero attached hydrogens (tertiary/aromatic N) is 1. The zero-order valence-corrected chi connectivity index (χ0v) is 9.40. The first-order chi connectivity index (χ1) is 7.72. The maximum Gasteiger partial charge on any atom is 0.169 e. The predicted octanol–water partition coefficient (Wildman–Crippen LogP) is 3.18. The van der Waals surface area contributed by atoms with Gasteiger partial charge in [0.1, 0.15) is 5.69 Å². The van der Waals surface area contributed by atoms with Crippen LogP contribution in [0.4, 0.5) is 0 Å². The summed E-state index contributed by atoms with van der Waals surface area (Å²) in [7, 11) is 0. The van der Waals surface area contributed by atoms with Gasteiger partial charge in [-0.05, 0) is 36.6 Å². The largest absolute Gasteiger partial charge is 0.296 e. The molecule has 0 unspecified atom stereocenters. The van der Waals surface area contributed by atoms with Gasteiger partial charge in [-0.1, -0.05) is 24.3 Å². The van der Waals surface area contributed by atoms with Crippen molar-refractivity contribution in [1.82, 2.24) is 4.98 Å². The fourth-order valence-corrected chi connectivity index (χ4v) is 1.76. The molecule has 0 saturated heterocycles. The highest BCUT2D eigenvalue weighted by molar-refractivity contribution is 5.86. The topological polar surface area (TPSA) is 30.0 Å². The fraction of sp³-hybridized carbons (Fsp3) is 0.143. The summed E-state index contributed by atoms with van der Waals surface area (Å²) < 4.78 is 0.